The van der Waals surface area contributed by atoms with Crippen LogP contribution in [-0.2, 0) is 11.2 Å². The summed E-state index contributed by atoms with van der Waals surface area (Å²) >= 11 is 1.71. The van der Waals surface area contributed by atoms with Gasteiger partial charge in [0.25, 0.3) is 0 Å². The Labute approximate surface area is 105 Å². The van der Waals surface area contributed by atoms with E-state index in [1.54, 1.807) is 11.3 Å². The lowest BCUT2D eigenvalue weighted by molar-refractivity contribution is 0.0513. The summed E-state index contributed by atoms with van der Waals surface area (Å²) in [5, 5.41) is 7.62. The van der Waals surface area contributed by atoms with Gasteiger partial charge >= 0.3 is 0 Å². The minimum absolute atomic E-state index is 0.180. The van der Waals surface area contributed by atoms with Crippen molar-refractivity contribution in [2.75, 3.05) is 18.5 Å². The molecule has 3 heteroatoms. The van der Waals surface area contributed by atoms with Gasteiger partial charge in [0.1, 0.15) is 0 Å². The average molecular weight is 245 g/mol. The number of rotatable bonds is 3. The van der Waals surface area contributed by atoms with Crippen LogP contribution in [0.3, 0.4) is 0 Å². The molecule has 0 fully saturated rings. The van der Waals surface area contributed by atoms with Gasteiger partial charge in [-0.05, 0) is 29.0 Å². The van der Waals surface area contributed by atoms with Crippen LogP contribution in [0.5, 0.6) is 0 Å². The predicted octanol–water partition coefficient (Wildman–Crippen LogP) is 3.47. The summed E-state index contributed by atoms with van der Waals surface area (Å²) in [6, 6.07) is 10.7. The van der Waals surface area contributed by atoms with Gasteiger partial charge in [0.05, 0.1) is 12.7 Å². The Kier molecular flexibility index (Phi) is 3.12. The third kappa shape index (κ3) is 2.35. The predicted molar refractivity (Wildman–Crippen MR) is 71.6 cm³/mol. The van der Waals surface area contributed by atoms with Crippen LogP contribution in [0.25, 0.3) is 0 Å². The number of hydrogen-bond acceptors (Lipinski definition) is 3. The number of hydrogen-bond donors (Lipinski definition) is 1. The first kappa shape index (κ1) is 10.8. The van der Waals surface area contributed by atoms with Gasteiger partial charge in [-0.2, -0.15) is 11.3 Å². The van der Waals surface area contributed by atoms with Gasteiger partial charge in [0.2, 0.25) is 0 Å². The number of thiophene rings is 1. The first-order valence-electron chi connectivity index (χ1n) is 5.89. The molecule has 0 spiro atoms. The van der Waals surface area contributed by atoms with Gasteiger partial charge in [-0.1, -0.05) is 24.3 Å². The highest BCUT2D eigenvalue weighted by molar-refractivity contribution is 7.08. The quantitative estimate of drug-likeness (QED) is 0.894. The van der Waals surface area contributed by atoms with Crippen LogP contribution in [0.4, 0.5) is 5.69 Å². The molecule has 0 radical (unpaired) electrons. The SMILES string of the molecule is c1ccc2c(c1)CCOC2CNc1ccsc1. The molecule has 1 N–H and O–H groups in total. The molecule has 0 saturated carbocycles. The Balaban J connectivity index is 1.72. The van der Waals surface area contributed by atoms with E-state index in [2.05, 4.69) is 46.4 Å². The second kappa shape index (κ2) is 4.90. The number of nitrogens with one attached hydrogen (secondary N) is 1. The van der Waals surface area contributed by atoms with Crippen LogP contribution in [0.2, 0.25) is 0 Å². The maximum atomic E-state index is 5.84. The lowest BCUT2D eigenvalue weighted by Crippen LogP contribution is -2.22. The van der Waals surface area contributed by atoms with Crippen molar-refractivity contribution in [2.24, 2.45) is 0 Å². The normalized spacial score (nSPS) is 18.7. The lowest BCUT2D eigenvalue weighted by Gasteiger charge is -2.26. The molecule has 0 saturated heterocycles. The van der Waals surface area contributed by atoms with E-state index in [1.807, 2.05) is 0 Å². The molecule has 1 atom stereocenters. The number of anilines is 1. The van der Waals surface area contributed by atoms with Crippen LogP contribution < -0.4 is 5.32 Å². The van der Waals surface area contributed by atoms with Crippen LogP contribution in [0.15, 0.2) is 41.1 Å². The molecule has 2 heterocycles. The fraction of sp³-hybridized carbons (Fsp3) is 0.286. The molecule has 0 aliphatic carbocycles. The van der Waals surface area contributed by atoms with Crippen LogP contribution in [0, 0.1) is 0 Å². The van der Waals surface area contributed by atoms with Gasteiger partial charge in [0, 0.05) is 17.6 Å². The average Bonchev–Trinajstić information content (AvgIpc) is 2.89. The van der Waals surface area contributed by atoms with E-state index in [9.17, 15) is 0 Å². The Morgan fingerprint density at radius 2 is 2.24 bits per heavy atom. The third-order valence-corrected chi connectivity index (χ3v) is 3.79. The number of fused-ring (bicyclic) bond motifs is 1. The number of ether oxygens (including phenoxy) is 1. The number of benzene rings is 1. The van der Waals surface area contributed by atoms with Crippen molar-refractivity contribution in [1.82, 2.24) is 0 Å². The van der Waals surface area contributed by atoms with Crippen molar-refractivity contribution in [3.05, 3.63) is 52.2 Å². The molecule has 1 aliphatic rings. The maximum Gasteiger partial charge on any atom is 0.0999 e. The van der Waals surface area contributed by atoms with Gasteiger partial charge in [-0.3, -0.25) is 0 Å². The molecule has 1 aliphatic heterocycles. The second-order valence-electron chi connectivity index (χ2n) is 4.20. The van der Waals surface area contributed by atoms with Crippen LogP contribution >= 0.6 is 11.3 Å². The fourth-order valence-corrected chi connectivity index (χ4v) is 2.83. The monoisotopic (exact) mass is 245 g/mol. The van der Waals surface area contributed by atoms with E-state index >= 15 is 0 Å². The van der Waals surface area contributed by atoms with Gasteiger partial charge in [-0.25, -0.2) is 0 Å². The van der Waals surface area contributed by atoms with Crippen molar-refractivity contribution < 1.29 is 4.74 Å². The Bertz CT molecular complexity index is 481. The molecular weight excluding hydrogens is 230 g/mol. The van der Waals surface area contributed by atoms with E-state index in [4.69, 9.17) is 4.74 Å². The molecule has 3 rings (SSSR count). The molecule has 2 aromatic rings. The first-order valence-corrected chi connectivity index (χ1v) is 6.83. The van der Waals surface area contributed by atoms with Crippen LogP contribution in [-0.4, -0.2) is 13.2 Å². The molecule has 17 heavy (non-hydrogen) atoms. The highest BCUT2D eigenvalue weighted by Crippen LogP contribution is 2.27. The summed E-state index contributed by atoms with van der Waals surface area (Å²) in [5.74, 6) is 0. The zero-order valence-electron chi connectivity index (χ0n) is 9.56. The first-order chi connectivity index (χ1) is 8.43. The van der Waals surface area contributed by atoms with Crippen LogP contribution in [0.1, 0.15) is 17.2 Å². The summed E-state index contributed by atoms with van der Waals surface area (Å²) in [4.78, 5) is 0. The van der Waals surface area contributed by atoms with E-state index in [1.165, 1.54) is 16.8 Å². The molecule has 88 valence electrons. The van der Waals surface area contributed by atoms with E-state index in [0.29, 0.717) is 0 Å². The molecule has 1 aromatic carbocycles. The topological polar surface area (TPSA) is 21.3 Å². The summed E-state index contributed by atoms with van der Waals surface area (Å²) in [6.45, 7) is 1.67. The molecule has 2 nitrogen and oxygen atoms in total. The van der Waals surface area contributed by atoms with Gasteiger partial charge in [0.15, 0.2) is 0 Å². The zero-order valence-corrected chi connectivity index (χ0v) is 10.4. The van der Waals surface area contributed by atoms with Gasteiger partial charge < -0.3 is 10.1 Å². The van der Waals surface area contributed by atoms with Crippen molar-refractivity contribution in [2.45, 2.75) is 12.5 Å². The van der Waals surface area contributed by atoms with E-state index < -0.39 is 0 Å². The fourth-order valence-electron chi connectivity index (χ4n) is 2.22. The summed E-state index contributed by atoms with van der Waals surface area (Å²) in [5.41, 5.74) is 3.94. The molecule has 1 aromatic heterocycles. The highest BCUT2D eigenvalue weighted by atomic mass is 32.1. The van der Waals surface area contributed by atoms with E-state index in [0.717, 1.165) is 19.6 Å². The standard InChI is InChI=1S/C14H15NOS/c1-2-4-13-11(3-1)5-7-16-14(13)9-15-12-6-8-17-10-12/h1-4,6,8,10,14-15H,5,7,9H2. The van der Waals surface area contributed by atoms with Gasteiger partial charge in [-0.15, -0.1) is 0 Å². The summed E-state index contributed by atoms with van der Waals surface area (Å²) < 4.78 is 5.84. The molecule has 0 amide bonds. The second-order valence-corrected chi connectivity index (χ2v) is 4.98. The zero-order chi connectivity index (χ0) is 11.5. The highest BCUT2D eigenvalue weighted by Gasteiger charge is 2.19. The molecule has 1 unspecified atom stereocenters. The maximum absolute atomic E-state index is 5.84. The Morgan fingerprint density at radius 3 is 3.12 bits per heavy atom. The Hall–Kier alpha value is -1.32. The Morgan fingerprint density at radius 1 is 1.29 bits per heavy atom. The largest absolute Gasteiger partial charge is 0.381 e. The minimum Gasteiger partial charge on any atom is -0.381 e. The molecular formula is C14H15NOS. The van der Waals surface area contributed by atoms with Crippen molar-refractivity contribution in [1.29, 1.82) is 0 Å². The van der Waals surface area contributed by atoms with E-state index in [-0.39, 0.29) is 6.10 Å². The third-order valence-electron chi connectivity index (χ3n) is 3.11. The van der Waals surface area contributed by atoms with Crippen molar-refractivity contribution in [3.63, 3.8) is 0 Å². The summed E-state index contributed by atoms with van der Waals surface area (Å²) in [7, 11) is 0. The minimum atomic E-state index is 0.180. The smallest absolute Gasteiger partial charge is 0.0999 e. The molecule has 0 bridgehead atoms. The lowest BCUT2D eigenvalue weighted by atomic mass is 9.97. The summed E-state index contributed by atoms with van der Waals surface area (Å²) in [6.07, 6.45) is 1.21. The van der Waals surface area contributed by atoms with Crippen molar-refractivity contribution in [3.8, 4) is 0 Å². The van der Waals surface area contributed by atoms with Crippen molar-refractivity contribution >= 4 is 17.0 Å².